The zero-order chi connectivity index (χ0) is 11.2. The monoisotopic (exact) mass is 224 g/mol. The first-order valence-corrected chi connectivity index (χ1v) is 7.31. The average Bonchev–Trinajstić information content (AvgIpc) is 2.56. The smallest absolute Gasteiger partial charge is 0.00106 e. The van der Waals surface area contributed by atoms with E-state index in [1.807, 2.05) is 0 Å². The summed E-state index contributed by atoms with van der Waals surface area (Å²) in [6.45, 7) is 8.94. The van der Waals surface area contributed by atoms with Gasteiger partial charge in [0.1, 0.15) is 0 Å². The van der Waals surface area contributed by atoms with E-state index in [-0.39, 0.29) is 0 Å². The standard InChI is InChI=1S/C14H28N2/c1-2-13-4-3-10-16(11-7-13)12-14-5-8-15-9-6-14/h13-15H,2-12H2,1H3. The Kier molecular flexibility index (Phi) is 5.11. The van der Waals surface area contributed by atoms with E-state index in [0.717, 1.165) is 11.8 Å². The summed E-state index contributed by atoms with van der Waals surface area (Å²) in [5, 5.41) is 3.46. The lowest BCUT2D eigenvalue weighted by molar-refractivity contribution is 0.209. The molecular formula is C14H28N2. The Morgan fingerprint density at radius 2 is 1.81 bits per heavy atom. The van der Waals surface area contributed by atoms with Crippen LogP contribution in [0.15, 0.2) is 0 Å². The van der Waals surface area contributed by atoms with Crippen molar-refractivity contribution < 1.29 is 0 Å². The molecule has 1 N–H and O–H groups in total. The SMILES string of the molecule is CCC1CCCN(CC2CCNCC2)CC1. The van der Waals surface area contributed by atoms with Gasteiger partial charge in [-0.1, -0.05) is 13.3 Å². The van der Waals surface area contributed by atoms with Gasteiger partial charge in [0.25, 0.3) is 0 Å². The van der Waals surface area contributed by atoms with Crippen molar-refractivity contribution in [2.45, 2.75) is 45.4 Å². The number of nitrogens with one attached hydrogen (secondary N) is 1. The van der Waals surface area contributed by atoms with E-state index >= 15 is 0 Å². The van der Waals surface area contributed by atoms with Crippen LogP contribution in [0.1, 0.15) is 45.4 Å². The van der Waals surface area contributed by atoms with E-state index in [9.17, 15) is 0 Å². The normalized spacial score (nSPS) is 30.2. The van der Waals surface area contributed by atoms with Crippen molar-refractivity contribution in [2.75, 3.05) is 32.7 Å². The molecule has 0 aliphatic carbocycles. The van der Waals surface area contributed by atoms with Gasteiger partial charge in [0, 0.05) is 6.54 Å². The Morgan fingerprint density at radius 3 is 2.56 bits per heavy atom. The third-order valence-electron chi connectivity index (χ3n) is 4.49. The van der Waals surface area contributed by atoms with Crippen LogP contribution < -0.4 is 5.32 Å². The lowest BCUT2D eigenvalue weighted by atomic mass is 9.97. The van der Waals surface area contributed by atoms with Gasteiger partial charge < -0.3 is 10.2 Å². The van der Waals surface area contributed by atoms with Crippen LogP contribution in [0, 0.1) is 11.8 Å². The Balaban J connectivity index is 1.72. The first-order valence-electron chi connectivity index (χ1n) is 7.31. The van der Waals surface area contributed by atoms with E-state index in [0.29, 0.717) is 0 Å². The fourth-order valence-corrected chi connectivity index (χ4v) is 3.25. The Labute approximate surface area is 101 Å². The van der Waals surface area contributed by atoms with Crippen molar-refractivity contribution in [1.82, 2.24) is 10.2 Å². The number of hydrogen-bond donors (Lipinski definition) is 1. The molecule has 16 heavy (non-hydrogen) atoms. The number of hydrogen-bond acceptors (Lipinski definition) is 2. The minimum absolute atomic E-state index is 0.972. The second-order valence-electron chi connectivity index (χ2n) is 5.70. The van der Waals surface area contributed by atoms with Crippen molar-refractivity contribution >= 4 is 0 Å². The molecule has 0 radical (unpaired) electrons. The van der Waals surface area contributed by atoms with Crippen LogP contribution >= 0.6 is 0 Å². The lowest BCUT2D eigenvalue weighted by Gasteiger charge is -2.29. The summed E-state index contributed by atoms with van der Waals surface area (Å²) < 4.78 is 0. The fraction of sp³-hybridized carbons (Fsp3) is 1.00. The maximum absolute atomic E-state index is 3.46. The second-order valence-corrected chi connectivity index (χ2v) is 5.70. The van der Waals surface area contributed by atoms with Gasteiger partial charge in [-0.2, -0.15) is 0 Å². The van der Waals surface area contributed by atoms with Gasteiger partial charge in [-0.05, 0) is 70.1 Å². The van der Waals surface area contributed by atoms with E-state index in [1.165, 1.54) is 71.2 Å². The van der Waals surface area contributed by atoms with E-state index in [1.54, 1.807) is 0 Å². The van der Waals surface area contributed by atoms with Crippen LogP contribution in [-0.2, 0) is 0 Å². The third kappa shape index (κ3) is 3.74. The molecule has 2 rings (SSSR count). The van der Waals surface area contributed by atoms with Crippen molar-refractivity contribution in [3.05, 3.63) is 0 Å². The second kappa shape index (κ2) is 6.61. The summed E-state index contributed by atoms with van der Waals surface area (Å²) in [4.78, 5) is 2.74. The summed E-state index contributed by atoms with van der Waals surface area (Å²) in [6, 6.07) is 0. The zero-order valence-electron chi connectivity index (χ0n) is 10.9. The topological polar surface area (TPSA) is 15.3 Å². The fourth-order valence-electron chi connectivity index (χ4n) is 3.25. The highest BCUT2D eigenvalue weighted by molar-refractivity contribution is 4.75. The molecule has 2 heterocycles. The number of rotatable bonds is 3. The number of nitrogens with zero attached hydrogens (tertiary/aromatic N) is 1. The predicted octanol–water partition coefficient (Wildman–Crippen LogP) is 2.50. The summed E-state index contributed by atoms with van der Waals surface area (Å²) in [5.74, 6) is 1.98. The zero-order valence-corrected chi connectivity index (χ0v) is 10.9. The Hall–Kier alpha value is -0.0800. The van der Waals surface area contributed by atoms with Crippen LogP contribution in [0.2, 0.25) is 0 Å². The van der Waals surface area contributed by atoms with Gasteiger partial charge in [-0.3, -0.25) is 0 Å². The van der Waals surface area contributed by atoms with Crippen molar-refractivity contribution in [1.29, 1.82) is 0 Å². The summed E-state index contributed by atoms with van der Waals surface area (Å²) >= 11 is 0. The molecule has 1 atom stereocenters. The number of likely N-dealkylation sites (tertiary alicyclic amines) is 1. The minimum atomic E-state index is 0.972. The molecule has 1 unspecified atom stereocenters. The molecule has 2 fully saturated rings. The molecule has 0 aromatic heterocycles. The predicted molar refractivity (Wildman–Crippen MR) is 69.7 cm³/mol. The first kappa shape index (κ1) is 12.4. The summed E-state index contributed by atoms with van der Waals surface area (Å²) in [7, 11) is 0. The molecular weight excluding hydrogens is 196 g/mol. The molecule has 2 nitrogen and oxygen atoms in total. The van der Waals surface area contributed by atoms with Gasteiger partial charge in [0.05, 0.1) is 0 Å². The van der Waals surface area contributed by atoms with Crippen LogP contribution in [-0.4, -0.2) is 37.6 Å². The molecule has 2 aliphatic rings. The van der Waals surface area contributed by atoms with Gasteiger partial charge in [0.2, 0.25) is 0 Å². The highest BCUT2D eigenvalue weighted by Crippen LogP contribution is 2.22. The molecule has 2 aliphatic heterocycles. The quantitative estimate of drug-likeness (QED) is 0.792. The highest BCUT2D eigenvalue weighted by Gasteiger charge is 2.20. The third-order valence-corrected chi connectivity index (χ3v) is 4.49. The molecule has 0 aromatic carbocycles. The lowest BCUT2D eigenvalue weighted by Crippen LogP contribution is -2.36. The average molecular weight is 224 g/mol. The Morgan fingerprint density at radius 1 is 1.00 bits per heavy atom. The van der Waals surface area contributed by atoms with Gasteiger partial charge in [-0.15, -0.1) is 0 Å². The molecule has 94 valence electrons. The summed E-state index contributed by atoms with van der Waals surface area (Å²) in [5.41, 5.74) is 0. The minimum Gasteiger partial charge on any atom is -0.317 e. The van der Waals surface area contributed by atoms with E-state index < -0.39 is 0 Å². The Bertz CT molecular complexity index is 187. The van der Waals surface area contributed by atoms with Crippen molar-refractivity contribution in [3.63, 3.8) is 0 Å². The molecule has 2 saturated heterocycles. The van der Waals surface area contributed by atoms with E-state index in [4.69, 9.17) is 0 Å². The van der Waals surface area contributed by atoms with Crippen LogP contribution in [0.5, 0.6) is 0 Å². The summed E-state index contributed by atoms with van der Waals surface area (Å²) in [6.07, 6.45) is 8.53. The molecule has 0 aromatic rings. The highest BCUT2D eigenvalue weighted by atomic mass is 15.1. The number of piperidine rings is 1. The van der Waals surface area contributed by atoms with Crippen molar-refractivity contribution in [2.24, 2.45) is 11.8 Å². The van der Waals surface area contributed by atoms with Crippen LogP contribution in [0.25, 0.3) is 0 Å². The molecule has 0 bridgehead atoms. The maximum atomic E-state index is 3.46. The first-order chi connectivity index (χ1) is 7.88. The molecule has 0 spiro atoms. The van der Waals surface area contributed by atoms with Crippen LogP contribution in [0.4, 0.5) is 0 Å². The largest absolute Gasteiger partial charge is 0.317 e. The van der Waals surface area contributed by atoms with Crippen LogP contribution in [0.3, 0.4) is 0 Å². The van der Waals surface area contributed by atoms with E-state index in [2.05, 4.69) is 17.1 Å². The molecule has 0 saturated carbocycles. The van der Waals surface area contributed by atoms with Gasteiger partial charge in [0.15, 0.2) is 0 Å². The van der Waals surface area contributed by atoms with Gasteiger partial charge in [-0.25, -0.2) is 0 Å². The van der Waals surface area contributed by atoms with Crippen molar-refractivity contribution in [3.8, 4) is 0 Å². The molecule has 2 heteroatoms. The van der Waals surface area contributed by atoms with Gasteiger partial charge >= 0.3 is 0 Å². The maximum Gasteiger partial charge on any atom is 0.00106 e. The molecule has 0 amide bonds.